The van der Waals surface area contributed by atoms with Crippen LogP contribution in [0.15, 0.2) is 0 Å². The third-order valence-electron chi connectivity index (χ3n) is 2.93. The van der Waals surface area contributed by atoms with Crippen molar-refractivity contribution in [3.05, 3.63) is 0 Å². The van der Waals surface area contributed by atoms with Gasteiger partial charge in [0.05, 0.1) is 0 Å². The summed E-state index contributed by atoms with van der Waals surface area (Å²) in [6.45, 7) is 13.9. The zero-order valence-electron chi connectivity index (χ0n) is 11.2. The Labute approximate surface area is 96.4 Å². The Balaban J connectivity index is 3.59. The average molecular weight is 214 g/mol. The van der Waals surface area contributed by atoms with Gasteiger partial charge in [-0.3, -0.25) is 0 Å². The summed E-state index contributed by atoms with van der Waals surface area (Å²) in [6, 6.07) is 0.718. The first-order valence-corrected chi connectivity index (χ1v) is 6.74. The molecular weight excluding hydrogens is 184 g/mol. The van der Waals surface area contributed by atoms with Crippen molar-refractivity contribution < 1.29 is 0 Å². The lowest BCUT2D eigenvalue weighted by Crippen LogP contribution is -2.37. The van der Waals surface area contributed by atoms with Crippen LogP contribution in [0.3, 0.4) is 0 Å². The lowest BCUT2D eigenvalue weighted by molar-refractivity contribution is 0.268. The molecule has 1 N–H and O–H groups in total. The minimum absolute atomic E-state index is 0.718. The maximum atomic E-state index is 3.62. The van der Waals surface area contributed by atoms with E-state index in [1.165, 1.54) is 45.3 Å². The molecule has 0 aromatic carbocycles. The highest BCUT2D eigenvalue weighted by atomic mass is 15.1. The van der Waals surface area contributed by atoms with Crippen molar-refractivity contribution in [2.45, 2.75) is 59.4 Å². The first kappa shape index (κ1) is 14.9. The van der Waals surface area contributed by atoms with Crippen LogP contribution < -0.4 is 5.32 Å². The van der Waals surface area contributed by atoms with E-state index < -0.39 is 0 Å². The van der Waals surface area contributed by atoms with Gasteiger partial charge in [-0.05, 0) is 38.8 Å². The predicted octanol–water partition coefficient (Wildman–Crippen LogP) is 2.89. The average Bonchev–Trinajstić information content (AvgIpc) is 2.25. The summed E-state index contributed by atoms with van der Waals surface area (Å²) in [5, 5.41) is 3.62. The minimum Gasteiger partial charge on any atom is -0.313 e. The summed E-state index contributed by atoms with van der Waals surface area (Å²) in [7, 11) is 0. The molecule has 0 saturated heterocycles. The van der Waals surface area contributed by atoms with Crippen LogP contribution >= 0.6 is 0 Å². The number of nitrogens with zero attached hydrogens (tertiary/aromatic N) is 1. The van der Waals surface area contributed by atoms with Crippen molar-refractivity contribution in [2.24, 2.45) is 0 Å². The summed E-state index contributed by atoms with van der Waals surface area (Å²) in [5.74, 6) is 0. The Morgan fingerprint density at radius 1 is 0.867 bits per heavy atom. The monoisotopic (exact) mass is 214 g/mol. The van der Waals surface area contributed by atoms with Gasteiger partial charge in [0.2, 0.25) is 0 Å². The predicted molar refractivity (Wildman–Crippen MR) is 69.4 cm³/mol. The molecule has 0 aliphatic heterocycles. The van der Waals surface area contributed by atoms with Crippen LogP contribution in [0, 0.1) is 0 Å². The van der Waals surface area contributed by atoms with Gasteiger partial charge in [0.25, 0.3) is 0 Å². The fraction of sp³-hybridized carbons (Fsp3) is 1.00. The lowest BCUT2D eigenvalue weighted by atomic mass is 10.2. The SMILES string of the molecule is CCCN(CCC)CCNC(CC)CC. The van der Waals surface area contributed by atoms with Crippen LogP contribution in [0.1, 0.15) is 53.4 Å². The quantitative estimate of drug-likeness (QED) is 0.601. The molecular formula is C13H30N2. The van der Waals surface area contributed by atoms with Crippen LogP contribution in [0.4, 0.5) is 0 Å². The van der Waals surface area contributed by atoms with Gasteiger partial charge in [0.15, 0.2) is 0 Å². The third kappa shape index (κ3) is 7.80. The zero-order valence-corrected chi connectivity index (χ0v) is 11.2. The van der Waals surface area contributed by atoms with E-state index in [-0.39, 0.29) is 0 Å². The zero-order chi connectivity index (χ0) is 11.5. The molecule has 0 amide bonds. The Bertz CT molecular complexity index is 116. The van der Waals surface area contributed by atoms with Gasteiger partial charge in [-0.25, -0.2) is 0 Å². The number of hydrogen-bond acceptors (Lipinski definition) is 2. The van der Waals surface area contributed by atoms with E-state index >= 15 is 0 Å². The standard InChI is InChI=1S/C13H30N2/c1-5-10-15(11-6-2)12-9-14-13(7-3)8-4/h13-14H,5-12H2,1-4H3. The Hall–Kier alpha value is -0.0800. The summed E-state index contributed by atoms with van der Waals surface area (Å²) in [4.78, 5) is 2.56. The maximum absolute atomic E-state index is 3.62. The molecule has 0 aromatic heterocycles. The number of nitrogens with one attached hydrogen (secondary N) is 1. The summed E-state index contributed by atoms with van der Waals surface area (Å²) in [6.07, 6.45) is 5.03. The third-order valence-corrected chi connectivity index (χ3v) is 2.93. The van der Waals surface area contributed by atoms with Gasteiger partial charge in [0, 0.05) is 19.1 Å². The molecule has 0 heterocycles. The van der Waals surface area contributed by atoms with E-state index in [4.69, 9.17) is 0 Å². The molecule has 0 saturated carbocycles. The lowest BCUT2D eigenvalue weighted by Gasteiger charge is -2.23. The van der Waals surface area contributed by atoms with E-state index in [0.29, 0.717) is 0 Å². The smallest absolute Gasteiger partial charge is 0.0107 e. The van der Waals surface area contributed by atoms with E-state index in [9.17, 15) is 0 Å². The van der Waals surface area contributed by atoms with Crippen molar-refractivity contribution in [2.75, 3.05) is 26.2 Å². The highest BCUT2D eigenvalue weighted by molar-refractivity contribution is 4.65. The van der Waals surface area contributed by atoms with Crippen LogP contribution in [-0.2, 0) is 0 Å². The molecule has 0 aliphatic carbocycles. The normalized spacial score (nSPS) is 11.6. The Morgan fingerprint density at radius 2 is 1.40 bits per heavy atom. The Kier molecular flexibility index (Phi) is 10.4. The van der Waals surface area contributed by atoms with Gasteiger partial charge in [-0.1, -0.05) is 27.7 Å². The molecule has 15 heavy (non-hydrogen) atoms. The van der Waals surface area contributed by atoms with Crippen molar-refractivity contribution in [3.63, 3.8) is 0 Å². The molecule has 2 heteroatoms. The van der Waals surface area contributed by atoms with Crippen LogP contribution in [0.5, 0.6) is 0 Å². The van der Waals surface area contributed by atoms with E-state index in [1.54, 1.807) is 0 Å². The van der Waals surface area contributed by atoms with Crippen molar-refractivity contribution in [1.29, 1.82) is 0 Å². The highest BCUT2D eigenvalue weighted by Gasteiger charge is 2.04. The first-order chi connectivity index (χ1) is 7.28. The van der Waals surface area contributed by atoms with Gasteiger partial charge in [0.1, 0.15) is 0 Å². The van der Waals surface area contributed by atoms with Crippen molar-refractivity contribution >= 4 is 0 Å². The van der Waals surface area contributed by atoms with Crippen molar-refractivity contribution in [1.82, 2.24) is 10.2 Å². The second-order valence-electron chi connectivity index (χ2n) is 4.31. The summed E-state index contributed by atoms with van der Waals surface area (Å²) in [5.41, 5.74) is 0. The summed E-state index contributed by atoms with van der Waals surface area (Å²) >= 11 is 0. The molecule has 0 atom stereocenters. The maximum Gasteiger partial charge on any atom is 0.0107 e. The molecule has 0 spiro atoms. The van der Waals surface area contributed by atoms with E-state index in [1.807, 2.05) is 0 Å². The topological polar surface area (TPSA) is 15.3 Å². The van der Waals surface area contributed by atoms with Crippen LogP contribution in [0.2, 0.25) is 0 Å². The fourth-order valence-corrected chi connectivity index (χ4v) is 1.97. The molecule has 92 valence electrons. The second kappa shape index (κ2) is 10.4. The minimum atomic E-state index is 0.718. The van der Waals surface area contributed by atoms with Gasteiger partial charge >= 0.3 is 0 Å². The largest absolute Gasteiger partial charge is 0.313 e. The van der Waals surface area contributed by atoms with Gasteiger partial charge in [-0.2, -0.15) is 0 Å². The second-order valence-corrected chi connectivity index (χ2v) is 4.31. The fourth-order valence-electron chi connectivity index (χ4n) is 1.97. The molecule has 0 aromatic rings. The molecule has 2 nitrogen and oxygen atoms in total. The molecule has 0 fully saturated rings. The van der Waals surface area contributed by atoms with Gasteiger partial charge in [-0.15, -0.1) is 0 Å². The molecule has 0 radical (unpaired) electrons. The molecule has 0 rings (SSSR count). The highest BCUT2D eigenvalue weighted by Crippen LogP contribution is 1.97. The number of rotatable bonds is 10. The Morgan fingerprint density at radius 3 is 1.80 bits per heavy atom. The summed E-state index contributed by atoms with van der Waals surface area (Å²) < 4.78 is 0. The number of hydrogen-bond donors (Lipinski definition) is 1. The molecule has 0 bridgehead atoms. The molecule has 0 aliphatic rings. The molecule has 0 unspecified atom stereocenters. The van der Waals surface area contributed by atoms with Crippen LogP contribution in [0.25, 0.3) is 0 Å². The van der Waals surface area contributed by atoms with Crippen molar-refractivity contribution in [3.8, 4) is 0 Å². The van der Waals surface area contributed by atoms with Gasteiger partial charge < -0.3 is 10.2 Å². The van der Waals surface area contributed by atoms with E-state index in [0.717, 1.165) is 12.6 Å². The first-order valence-electron chi connectivity index (χ1n) is 6.74. The van der Waals surface area contributed by atoms with E-state index in [2.05, 4.69) is 37.9 Å². The van der Waals surface area contributed by atoms with Crippen LogP contribution in [-0.4, -0.2) is 37.1 Å².